The number of hydrogen-bond acceptors (Lipinski definition) is 4. The van der Waals surface area contributed by atoms with Crippen molar-refractivity contribution in [1.29, 1.82) is 0 Å². The zero-order valence-corrected chi connectivity index (χ0v) is 10.7. The van der Waals surface area contributed by atoms with Gasteiger partial charge in [-0.15, -0.1) is 6.42 Å². The van der Waals surface area contributed by atoms with Gasteiger partial charge in [0.1, 0.15) is 12.2 Å². The molecule has 1 aromatic heterocycles. The van der Waals surface area contributed by atoms with E-state index in [1.807, 2.05) is 11.8 Å². The Labute approximate surface area is 109 Å². The summed E-state index contributed by atoms with van der Waals surface area (Å²) in [6.07, 6.45) is 7.66. The topological polar surface area (TPSA) is 46.9 Å². The molecule has 1 aliphatic rings. The Hall–Kier alpha value is -1.12. The number of anilines is 1. The molecule has 2 heterocycles. The lowest BCUT2D eigenvalue weighted by Crippen LogP contribution is -2.29. The number of rotatable bonds is 3. The van der Waals surface area contributed by atoms with Crippen molar-refractivity contribution < 1.29 is 0 Å². The summed E-state index contributed by atoms with van der Waals surface area (Å²) >= 11 is 7.85. The lowest BCUT2D eigenvalue weighted by Gasteiger charge is -2.14. The summed E-state index contributed by atoms with van der Waals surface area (Å²) in [6, 6.07) is 0.298. The van der Waals surface area contributed by atoms with Crippen molar-refractivity contribution in [2.75, 3.05) is 16.8 Å². The van der Waals surface area contributed by atoms with E-state index in [4.69, 9.17) is 18.0 Å². The van der Waals surface area contributed by atoms with Gasteiger partial charge in [0.25, 0.3) is 5.56 Å². The maximum Gasteiger partial charge on any atom is 0.292 e. The summed E-state index contributed by atoms with van der Waals surface area (Å²) in [5, 5.41) is 7.42. The minimum Gasteiger partial charge on any atom is -0.376 e. The number of hydrogen-bond donors (Lipinski definition) is 1. The number of aromatic nitrogens is 2. The summed E-state index contributed by atoms with van der Waals surface area (Å²) in [5.41, 5.74) is 0.150. The van der Waals surface area contributed by atoms with Crippen molar-refractivity contribution in [3.05, 3.63) is 21.6 Å². The molecule has 1 N–H and O–H groups in total. The highest BCUT2D eigenvalue weighted by Crippen LogP contribution is 2.23. The van der Waals surface area contributed by atoms with Crippen LogP contribution in [0.4, 0.5) is 5.69 Å². The SMILES string of the molecule is C#CCn1ncc(Cl)c(NC2CCSC2)c1=O. The van der Waals surface area contributed by atoms with Crippen molar-refractivity contribution in [2.45, 2.75) is 19.0 Å². The fourth-order valence-corrected chi connectivity index (χ4v) is 2.98. The number of terminal acetylenes is 1. The third kappa shape index (κ3) is 2.76. The van der Waals surface area contributed by atoms with E-state index < -0.39 is 0 Å². The zero-order chi connectivity index (χ0) is 12.3. The molecular formula is C11H12ClN3OS. The second-order valence-electron chi connectivity index (χ2n) is 3.74. The van der Waals surface area contributed by atoms with E-state index in [1.165, 1.54) is 10.9 Å². The number of thioether (sulfide) groups is 1. The highest BCUT2D eigenvalue weighted by atomic mass is 35.5. The first-order valence-corrected chi connectivity index (χ1v) is 6.79. The molecule has 0 saturated carbocycles. The average molecular weight is 270 g/mol. The van der Waals surface area contributed by atoms with E-state index in [1.54, 1.807) is 0 Å². The Bertz CT molecular complexity index is 502. The molecule has 17 heavy (non-hydrogen) atoms. The van der Waals surface area contributed by atoms with Crippen LogP contribution in [0.15, 0.2) is 11.0 Å². The van der Waals surface area contributed by atoms with Gasteiger partial charge in [-0.1, -0.05) is 17.5 Å². The Kier molecular flexibility index (Phi) is 3.97. The molecule has 2 rings (SSSR count). The number of nitrogens with one attached hydrogen (secondary N) is 1. The maximum absolute atomic E-state index is 12.0. The molecule has 0 bridgehead atoms. The van der Waals surface area contributed by atoms with E-state index in [2.05, 4.69) is 16.3 Å². The van der Waals surface area contributed by atoms with Crippen LogP contribution in [0.2, 0.25) is 5.02 Å². The Morgan fingerprint density at radius 2 is 2.59 bits per heavy atom. The van der Waals surface area contributed by atoms with Crippen LogP contribution in [-0.4, -0.2) is 27.3 Å². The summed E-state index contributed by atoms with van der Waals surface area (Å²) in [5.74, 6) is 4.49. The average Bonchev–Trinajstić information content (AvgIpc) is 2.81. The minimum absolute atomic E-state index is 0.157. The van der Waals surface area contributed by atoms with Gasteiger partial charge in [0.15, 0.2) is 0 Å². The van der Waals surface area contributed by atoms with E-state index in [9.17, 15) is 4.79 Å². The predicted octanol–water partition coefficient (Wildman–Crippen LogP) is 1.45. The minimum atomic E-state index is -0.257. The third-order valence-electron chi connectivity index (χ3n) is 2.52. The van der Waals surface area contributed by atoms with Crippen molar-refractivity contribution in [1.82, 2.24) is 9.78 Å². The van der Waals surface area contributed by atoms with Crippen LogP contribution in [0.1, 0.15) is 6.42 Å². The lowest BCUT2D eigenvalue weighted by molar-refractivity contribution is 0.661. The summed E-state index contributed by atoms with van der Waals surface area (Å²) in [7, 11) is 0. The van der Waals surface area contributed by atoms with Crippen LogP contribution < -0.4 is 10.9 Å². The zero-order valence-electron chi connectivity index (χ0n) is 9.15. The lowest BCUT2D eigenvalue weighted by atomic mass is 10.2. The molecule has 0 amide bonds. The highest BCUT2D eigenvalue weighted by molar-refractivity contribution is 7.99. The Balaban J connectivity index is 2.28. The first-order valence-electron chi connectivity index (χ1n) is 5.25. The molecule has 0 spiro atoms. The molecule has 0 aliphatic carbocycles. The first kappa shape index (κ1) is 12.3. The van der Waals surface area contributed by atoms with Gasteiger partial charge in [0.2, 0.25) is 0 Å². The smallest absolute Gasteiger partial charge is 0.292 e. The molecule has 1 aliphatic heterocycles. The van der Waals surface area contributed by atoms with E-state index in [-0.39, 0.29) is 12.1 Å². The molecule has 6 heteroatoms. The third-order valence-corrected chi connectivity index (χ3v) is 3.97. The molecule has 90 valence electrons. The second kappa shape index (κ2) is 5.48. The van der Waals surface area contributed by atoms with Gasteiger partial charge in [-0.25, -0.2) is 4.68 Å². The normalized spacial score (nSPS) is 18.9. The maximum atomic E-state index is 12.0. The van der Waals surface area contributed by atoms with Crippen molar-refractivity contribution in [3.8, 4) is 12.3 Å². The van der Waals surface area contributed by atoms with Crippen LogP contribution in [0.5, 0.6) is 0 Å². The van der Waals surface area contributed by atoms with Gasteiger partial charge < -0.3 is 5.32 Å². The highest BCUT2D eigenvalue weighted by Gasteiger charge is 2.18. The molecule has 0 aromatic carbocycles. The van der Waals surface area contributed by atoms with Gasteiger partial charge >= 0.3 is 0 Å². The fraction of sp³-hybridized carbons (Fsp3) is 0.455. The molecule has 1 unspecified atom stereocenters. The molecule has 1 saturated heterocycles. The molecule has 0 radical (unpaired) electrons. The predicted molar refractivity (Wildman–Crippen MR) is 71.7 cm³/mol. The van der Waals surface area contributed by atoms with Crippen molar-refractivity contribution >= 4 is 29.1 Å². The van der Waals surface area contributed by atoms with Gasteiger partial charge in [0.05, 0.1) is 11.2 Å². The van der Waals surface area contributed by atoms with Crippen molar-refractivity contribution in [2.24, 2.45) is 0 Å². The number of halogens is 1. The van der Waals surface area contributed by atoms with Crippen LogP contribution in [0, 0.1) is 12.3 Å². The summed E-state index contributed by atoms with van der Waals surface area (Å²) < 4.78 is 1.23. The summed E-state index contributed by atoms with van der Waals surface area (Å²) in [6.45, 7) is 0.157. The second-order valence-corrected chi connectivity index (χ2v) is 5.30. The van der Waals surface area contributed by atoms with Crippen LogP contribution in [0.25, 0.3) is 0 Å². The Morgan fingerprint density at radius 1 is 1.76 bits per heavy atom. The first-order chi connectivity index (χ1) is 8.22. The van der Waals surface area contributed by atoms with Crippen LogP contribution in [0.3, 0.4) is 0 Å². The molecule has 1 aromatic rings. The van der Waals surface area contributed by atoms with Crippen LogP contribution >= 0.6 is 23.4 Å². The molecular weight excluding hydrogens is 258 g/mol. The number of nitrogens with zero attached hydrogens (tertiary/aromatic N) is 2. The standard InChI is InChI=1S/C11H12ClN3OS/c1-2-4-15-11(16)10(9(12)6-13-15)14-8-3-5-17-7-8/h1,6,8,14H,3-5,7H2. The van der Waals surface area contributed by atoms with E-state index in [0.29, 0.717) is 16.8 Å². The van der Waals surface area contributed by atoms with Crippen LogP contribution in [-0.2, 0) is 6.54 Å². The van der Waals surface area contributed by atoms with Gasteiger partial charge in [0, 0.05) is 11.8 Å². The van der Waals surface area contributed by atoms with E-state index >= 15 is 0 Å². The molecule has 1 fully saturated rings. The molecule has 1 atom stereocenters. The largest absolute Gasteiger partial charge is 0.376 e. The monoisotopic (exact) mass is 269 g/mol. The fourth-order valence-electron chi connectivity index (χ4n) is 1.65. The Morgan fingerprint density at radius 3 is 3.24 bits per heavy atom. The quantitative estimate of drug-likeness (QED) is 0.844. The summed E-state index contributed by atoms with van der Waals surface area (Å²) in [4.78, 5) is 12.0. The van der Waals surface area contributed by atoms with E-state index in [0.717, 1.165) is 17.9 Å². The van der Waals surface area contributed by atoms with Gasteiger partial charge in [-0.2, -0.15) is 16.9 Å². The molecule has 4 nitrogen and oxygen atoms in total. The van der Waals surface area contributed by atoms with Crippen molar-refractivity contribution in [3.63, 3.8) is 0 Å². The van der Waals surface area contributed by atoms with Gasteiger partial charge in [-0.3, -0.25) is 4.79 Å². The van der Waals surface area contributed by atoms with Gasteiger partial charge in [-0.05, 0) is 12.2 Å².